The fourth-order valence-corrected chi connectivity index (χ4v) is 2.50. The number of carbonyl (C=O) groups is 1. The van der Waals surface area contributed by atoms with Gasteiger partial charge < -0.3 is 14.8 Å². The molecule has 3 aromatic rings. The number of carbonyl (C=O) groups excluding carboxylic acids is 1. The van der Waals surface area contributed by atoms with Crippen molar-refractivity contribution in [3.63, 3.8) is 0 Å². The Labute approximate surface area is 147 Å². The Morgan fingerprint density at radius 3 is 2.73 bits per heavy atom. The summed E-state index contributed by atoms with van der Waals surface area (Å²) in [5, 5.41) is 10.9. The first-order valence-electron chi connectivity index (χ1n) is 7.73. The first kappa shape index (κ1) is 17.6. The van der Waals surface area contributed by atoms with Crippen molar-refractivity contribution in [3.05, 3.63) is 54.0 Å². The van der Waals surface area contributed by atoms with Crippen molar-refractivity contribution in [2.45, 2.75) is 19.6 Å². The second-order valence-corrected chi connectivity index (χ2v) is 5.43. The molecule has 1 amide bonds. The van der Waals surface area contributed by atoms with Gasteiger partial charge in [0.05, 0.1) is 13.2 Å². The molecule has 7 nitrogen and oxygen atoms in total. The number of benzene rings is 1. The molecule has 0 spiro atoms. The van der Waals surface area contributed by atoms with E-state index in [0.29, 0.717) is 11.5 Å². The molecule has 0 fully saturated rings. The van der Waals surface area contributed by atoms with Gasteiger partial charge in [0.25, 0.3) is 5.91 Å². The standard InChI is InChI=1S/C17H16F2N4O3/c1-10(15-22-21-14-5-3-4-8-23(14)15)20-16(24)11-6-7-12(26-17(18)19)13(9-11)25-2/h3-10,17H,1-2H3,(H,20,24). The largest absolute Gasteiger partial charge is 0.493 e. The molecule has 2 heterocycles. The molecule has 136 valence electrons. The number of nitrogens with zero attached hydrogens (tertiary/aromatic N) is 3. The summed E-state index contributed by atoms with van der Waals surface area (Å²) in [6.45, 7) is -1.21. The highest BCUT2D eigenvalue weighted by molar-refractivity contribution is 5.95. The second-order valence-electron chi connectivity index (χ2n) is 5.43. The van der Waals surface area contributed by atoms with E-state index < -0.39 is 18.6 Å². The van der Waals surface area contributed by atoms with Crippen LogP contribution in [-0.4, -0.2) is 34.2 Å². The van der Waals surface area contributed by atoms with Crippen LogP contribution in [0.1, 0.15) is 29.1 Å². The number of fused-ring (bicyclic) bond motifs is 1. The van der Waals surface area contributed by atoms with Crippen molar-refractivity contribution in [3.8, 4) is 11.5 Å². The van der Waals surface area contributed by atoms with Crippen LogP contribution in [0.2, 0.25) is 0 Å². The first-order valence-corrected chi connectivity index (χ1v) is 7.73. The maximum atomic E-state index is 12.5. The predicted octanol–water partition coefficient (Wildman–Crippen LogP) is 2.83. The zero-order chi connectivity index (χ0) is 18.7. The molecule has 9 heteroatoms. The van der Waals surface area contributed by atoms with Gasteiger partial charge in [-0.1, -0.05) is 6.07 Å². The summed E-state index contributed by atoms with van der Waals surface area (Å²) in [5.74, 6) is 0.0553. The minimum atomic E-state index is -2.98. The number of amides is 1. The Kier molecular flexibility index (Phi) is 4.97. The molecule has 0 saturated heterocycles. The van der Waals surface area contributed by atoms with Crippen LogP contribution < -0.4 is 14.8 Å². The van der Waals surface area contributed by atoms with Crippen LogP contribution in [0.15, 0.2) is 42.6 Å². The number of hydrogen-bond donors (Lipinski definition) is 1. The van der Waals surface area contributed by atoms with Crippen LogP contribution in [0.3, 0.4) is 0 Å². The Morgan fingerprint density at radius 1 is 1.19 bits per heavy atom. The fourth-order valence-electron chi connectivity index (χ4n) is 2.50. The number of alkyl halides is 2. The highest BCUT2D eigenvalue weighted by atomic mass is 19.3. The Bertz CT molecular complexity index is 929. The summed E-state index contributed by atoms with van der Waals surface area (Å²) < 4.78 is 35.9. The van der Waals surface area contributed by atoms with E-state index in [2.05, 4.69) is 20.3 Å². The lowest BCUT2D eigenvalue weighted by atomic mass is 10.1. The van der Waals surface area contributed by atoms with E-state index >= 15 is 0 Å². The average Bonchev–Trinajstić information content (AvgIpc) is 3.05. The van der Waals surface area contributed by atoms with E-state index in [-0.39, 0.29) is 17.1 Å². The highest BCUT2D eigenvalue weighted by Gasteiger charge is 2.18. The molecule has 0 bridgehead atoms. The van der Waals surface area contributed by atoms with Gasteiger partial charge >= 0.3 is 6.61 Å². The van der Waals surface area contributed by atoms with Crippen LogP contribution >= 0.6 is 0 Å². The van der Waals surface area contributed by atoms with E-state index in [0.717, 1.165) is 0 Å². The van der Waals surface area contributed by atoms with Crippen molar-refractivity contribution in [2.75, 3.05) is 7.11 Å². The van der Waals surface area contributed by atoms with E-state index in [1.807, 2.05) is 12.1 Å². The normalized spacial score (nSPS) is 12.2. The third-order valence-corrected chi connectivity index (χ3v) is 3.72. The summed E-state index contributed by atoms with van der Waals surface area (Å²) >= 11 is 0. The van der Waals surface area contributed by atoms with Gasteiger partial charge in [-0.2, -0.15) is 8.78 Å². The maximum absolute atomic E-state index is 12.5. The smallest absolute Gasteiger partial charge is 0.387 e. The number of methoxy groups -OCH3 is 1. The van der Waals surface area contributed by atoms with Gasteiger partial charge in [0, 0.05) is 11.8 Å². The topological polar surface area (TPSA) is 77.8 Å². The lowest BCUT2D eigenvalue weighted by Crippen LogP contribution is -2.28. The number of rotatable bonds is 6. The van der Waals surface area contributed by atoms with Gasteiger partial charge in [-0.3, -0.25) is 9.20 Å². The van der Waals surface area contributed by atoms with Crippen LogP contribution in [0.5, 0.6) is 11.5 Å². The second kappa shape index (κ2) is 7.34. The molecule has 1 unspecified atom stereocenters. The van der Waals surface area contributed by atoms with Gasteiger partial charge in [0.15, 0.2) is 23.0 Å². The lowest BCUT2D eigenvalue weighted by molar-refractivity contribution is -0.0512. The molecule has 2 aromatic heterocycles. The summed E-state index contributed by atoms with van der Waals surface area (Å²) in [6.07, 6.45) is 1.80. The van der Waals surface area contributed by atoms with Crippen LogP contribution in [0, 0.1) is 0 Å². The molecule has 0 aliphatic carbocycles. The van der Waals surface area contributed by atoms with E-state index in [4.69, 9.17) is 4.74 Å². The predicted molar refractivity (Wildman–Crippen MR) is 88.5 cm³/mol. The molecule has 0 saturated carbocycles. The van der Waals surface area contributed by atoms with Crippen molar-refractivity contribution >= 4 is 11.6 Å². The minimum Gasteiger partial charge on any atom is -0.493 e. The number of aromatic nitrogens is 3. The summed E-state index contributed by atoms with van der Waals surface area (Å²) in [5.41, 5.74) is 0.905. The molecule has 26 heavy (non-hydrogen) atoms. The monoisotopic (exact) mass is 362 g/mol. The Balaban J connectivity index is 1.79. The van der Waals surface area contributed by atoms with Gasteiger partial charge in [0.2, 0.25) is 0 Å². The van der Waals surface area contributed by atoms with Crippen LogP contribution in [0.25, 0.3) is 5.65 Å². The lowest BCUT2D eigenvalue weighted by Gasteiger charge is -2.14. The zero-order valence-electron chi connectivity index (χ0n) is 14.0. The first-order chi connectivity index (χ1) is 12.5. The molecule has 1 N–H and O–H groups in total. The molecule has 0 aliphatic rings. The van der Waals surface area contributed by atoms with E-state index in [1.54, 1.807) is 23.6 Å². The third kappa shape index (κ3) is 3.56. The molecular weight excluding hydrogens is 346 g/mol. The van der Waals surface area contributed by atoms with E-state index in [1.165, 1.54) is 25.3 Å². The summed E-state index contributed by atoms with van der Waals surface area (Å²) in [6, 6.07) is 9.02. The molecule has 1 aromatic carbocycles. The van der Waals surface area contributed by atoms with Gasteiger partial charge in [-0.25, -0.2) is 0 Å². The van der Waals surface area contributed by atoms with Gasteiger partial charge in [0.1, 0.15) is 0 Å². The molecular formula is C17H16F2N4O3. The summed E-state index contributed by atoms with van der Waals surface area (Å²) in [4.78, 5) is 12.5. The SMILES string of the molecule is COc1cc(C(=O)NC(C)c2nnc3ccccn23)ccc1OC(F)F. The number of halogens is 2. The van der Waals surface area contributed by atoms with Crippen LogP contribution in [0.4, 0.5) is 8.78 Å². The molecule has 0 radical (unpaired) electrons. The summed E-state index contributed by atoms with van der Waals surface area (Å²) in [7, 11) is 1.31. The Morgan fingerprint density at radius 2 is 2.00 bits per heavy atom. The Hall–Kier alpha value is -3.23. The third-order valence-electron chi connectivity index (χ3n) is 3.72. The average molecular weight is 362 g/mol. The van der Waals surface area contributed by atoms with E-state index in [9.17, 15) is 13.6 Å². The molecule has 0 aliphatic heterocycles. The number of pyridine rings is 1. The van der Waals surface area contributed by atoms with Crippen LogP contribution in [-0.2, 0) is 0 Å². The van der Waals surface area contributed by atoms with Crippen molar-refractivity contribution in [1.82, 2.24) is 19.9 Å². The van der Waals surface area contributed by atoms with Gasteiger partial charge in [-0.05, 0) is 37.3 Å². The quantitative estimate of drug-likeness (QED) is 0.730. The highest BCUT2D eigenvalue weighted by Crippen LogP contribution is 2.29. The van der Waals surface area contributed by atoms with Crippen molar-refractivity contribution < 1.29 is 23.0 Å². The maximum Gasteiger partial charge on any atom is 0.387 e. The van der Waals surface area contributed by atoms with Crippen molar-refractivity contribution in [1.29, 1.82) is 0 Å². The zero-order valence-corrected chi connectivity index (χ0v) is 14.0. The van der Waals surface area contributed by atoms with Gasteiger partial charge in [-0.15, -0.1) is 10.2 Å². The van der Waals surface area contributed by atoms with Crippen molar-refractivity contribution in [2.24, 2.45) is 0 Å². The number of hydrogen-bond acceptors (Lipinski definition) is 5. The molecule has 1 atom stereocenters. The minimum absolute atomic E-state index is 0.0403. The number of nitrogens with one attached hydrogen (secondary N) is 1. The number of ether oxygens (including phenoxy) is 2. The molecule has 3 rings (SSSR count). The fraction of sp³-hybridized carbons (Fsp3) is 0.235.